The van der Waals surface area contributed by atoms with Crippen molar-refractivity contribution in [1.82, 2.24) is 0 Å². The summed E-state index contributed by atoms with van der Waals surface area (Å²) in [6, 6.07) is 6.37. The van der Waals surface area contributed by atoms with Gasteiger partial charge >= 0.3 is 11.9 Å². The summed E-state index contributed by atoms with van der Waals surface area (Å²) < 4.78 is 32.6. The molecule has 8 heteroatoms. The molecule has 0 spiro atoms. The second-order valence-electron chi connectivity index (χ2n) is 10.1. The number of rotatable bonds is 16. The molecule has 2 atom stereocenters. The van der Waals surface area contributed by atoms with E-state index in [4.69, 9.17) is 28.4 Å². The van der Waals surface area contributed by atoms with E-state index in [1.165, 1.54) is 0 Å². The molecule has 0 amide bonds. The highest BCUT2D eigenvalue weighted by molar-refractivity contribution is 5.93. The third-order valence-corrected chi connectivity index (χ3v) is 5.64. The fourth-order valence-electron chi connectivity index (χ4n) is 3.42. The Hall–Kier alpha value is -2.00. The lowest BCUT2D eigenvalue weighted by Crippen LogP contribution is -2.29. The third kappa shape index (κ3) is 10.1. The lowest BCUT2D eigenvalue weighted by Gasteiger charge is -2.26. The van der Waals surface area contributed by atoms with Crippen molar-refractivity contribution in [3.05, 3.63) is 35.4 Å². The van der Waals surface area contributed by atoms with Gasteiger partial charge in [-0.05, 0) is 77.6 Å². The Labute approximate surface area is 202 Å². The van der Waals surface area contributed by atoms with Crippen LogP contribution in [0.5, 0.6) is 0 Å². The molecule has 2 fully saturated rings. The Morgan fingerprint density at radius 3 is 1.44 bits per heavy atom. The number of carbonyl (C=O) groups is 2. The molecule has 2 saturated heterocycles. The number of hydrogen-bond acceptors (Lipinski definition) is 8. The third-order valence-electron chi connectivity index (χ3n) is 5.64. The van der Waals surface area contributed by atoms with Crippen molar-refractivity contribution in [2.75, 3.05) is 39.6 Å². The molecule has 34 heavy (non-hydrogen) atoms. The SMILES string of the molecule is CC(C)(CCCOCC1CO1)OC(=O)c1ccc(C(=O)OC(C)(C)CCCOCC2CO2)cc1. The van der Waals surface area contributed by atoms with Crippen LogP contribution in [-0.2, 0) is 28.4 Å². The molecule has 0 bridgehead atoms. The van der Waals surface area contributed by atoms with E-state index in [0.29, 0.717) is 50.4 Å². The standard InChI is InChI=1S/C26H38O8/c1-25(2,11-5-13-29-15-21-17-31-21)33-23(27)19-7-9-20(10-8-19)24(28)34-26(3,4)12-6-14-30-16-22-18-32-22/h7-10,21-22H,5-6,11-18H2,1-4H3. The normalized spacial score (nSPS) is 19.5. The van der Waals surface area contributed by atoms with Crippen LogP contribution in [0.4, 0.5) is 0 Å². The Morgan fingerprint density at radius 1 is 0.765 bits per heavy atom. The van der Waals surface area contributed by atoms with Crippen LogP contribution >= 0.6 is 0 Å². The lowest BCUT2D eigenvalue weighted by molar-refractivity contribution is -0.0106. The van der Waals surface area contributed by atoms with E-state index in [1.54, 1.807) is 24.3 Å². The van der Waals surface area contributed by atoms with E-state index < -0.39 is 23.1 Å². The number of esters is 2. The smallest absolute Gasteiger partial charge is 0.338 e. The fraction of sp³-hybridized carbons (Fsp3) is 0.692. The van der Waals surface area contributed by atoms with Gasteiger partial charge in [-0.1, -0.05) is 0 Å². The van der Waals surface area contributed by atoms with Gasteiger partial charge in [-0.25, -0.2) is 9.59 Å². The van der Waals surface area contributed by atoms with Gasteiger partial charge in [0.05, 0.1) is 37.6 Å². The zero-order valence-electron chi connectivity index (χ0n) is 20.8. The maximum atomic E-state index is 12.6. The van der Waals surface area contributed by atoms with Crippen molar-refractivity contribution < 1.29 is 38.0 Å². The van der Waals surface area contributed by atoms with Crippen molar-refractivity contribution in [3.63, 3.8) is 0 Å². The van der Waals surface area contributed by atoms with Gasteiger partial charge in [0.2, 0.25) is 0 Å². The van der Waals surface area contributed by atoms with E-state index in [2.05, 4.69) is 0 Å². The lowest BCUT2D eigenvalue weighted by atomic mass is 10.0. The summed E-state index contributed by atoms with van der Waals surface area (Å²) in [7, 11) is 0. The number of carbonyl (C=O) groups excluding carboxylic acids is 2. The maximum Gasteiger partial charge on any atom is 0.338 e. The number of epoxide rings is 2. The van der Waals surface area contributed by atoms with Crippen LogP contribution in [0.25, 0.3) is 0 Å². The predicted molar refractivity (Wildman–Crippen MR) is 125 cm³/mol. The van der Waals surface area contributed by atoms with Crippen molar-refractivity contribution in [1.29, 1.82) is 0 Å². The first-order valence-corrected chi connectivity index (χ1v) is 12.1. The van der Waals surface area contributed by atoms with E-state index >= 15 is 0 Å². The highest BCUT2D eigenvalue weighted by atomic mass is 16.6. The van der Waals surface area contributed by atoms with E-state index in [1.807, 2.05) is 27.7 Å². The maximum absolute atomic E-state index is 12.6. The molecule has 3 rings (SSSR count). The van der Waals surface area contributed by atoms with Crippen LogP contribution in [0, 0.1) is 0 Å². The molecular formula is C26H38O8. The van der Waals surface area contributed by atoms with Gasteiger partial charge in [0.1, 0.15) is 23.4 Å². The molecule has 2 aliphatic heterocycles. The van der Waals surface area contributed by atoms with Crippen molar-refractivity contribution >= 4 is 11.9 Å². The van der Waals surface area contributed by atoms with Crippen LogP contribution in [0.15, 0.2) is 24.3 Å². The van der Waals surface area contributed by atoms with Crippen LogP contribution < -0.4 is 0 Å². The van der Waals surface area contributed by atoms with Crippen LogP contribution in [0.3, 0.4) is 0 Å². The second-order valence-corrected chi connectivity index (χ2v) is 10.1. The minimum atomic E-state index is -0.618. The molecule has 2 aliphatic rings. The van der Waals surface area contributed by atoms with E-state index in [9.17, 15) is 9.59 Å². The van der Waals surface area contributed by atoms with Gasteiger partial charge < -0.3 is 28.4 Å². The summed E-state index contributed by atoms with van der Waals surface area (Å²) in [4.78, 5) is 25.1. The molecule has 190 valence electrons. The average molecular weight is 479 g/mol. The first kappa shape index (κ1) is 26.6. The second kappa shape index (κ2) is 12.1. The summed E-state index contributed by atoms with van der Waals surface area (Å²) in [5.41, 5.74) is -0.452. The minimum Gasteiger partial charge on any atom is -0.456 e. The molecule has 8 nitrogen and oxygen atoms in total. The van der Waals surface area contributed by atoms with Gasteiger partial charge in [-0.3, -0.25) is 0 Å². The Bertz CT molecular complexity index is 727. The molecule has 0 radical (unpaired) electrons. The van der Waals surface area contributed by atoms with Gasteiger partial charge in [0.25, 0.3) is 0 Å². The van der Waals surface area contributed by atoms with Gasteiger partial charge in [-0.15, -0.1) is 0 Å². The average Bonchev–Trinajstić information content (AvgIpc) is 3.68. The Morgan fingerprint density at radius 2 is 1.12 bits per heavy atom. The van der Waals surface area contributed by atoms with Crippen molar-refractivity contribution in [2.45, 2.75) is 76.8 Å². The summed E-state index contributed by atoms with van der Waals surface area (Å²) in [5.74, 6) is -0.844. The number of ether oxygens (including phenoxy) is 6. The minimum absolute atomic E-state index is 0.254. The van der Waals surface area contributed by atoms with Gasteiger partial charge in [0.15, 0.2) is 0 Å². The Kier molecular flexibility index (Phi) is 9.47. The molecule has 0 N–H and O–H groups in total. The number of hydrogen-bond donors (Lipinski definition) is 0. The molecule has 1 aromatic carbocycles. The van der Waals surface area contributed by atoms with E-state index in [-0.39, 0.29) is 12.2 Å². The topological polar surface area (TPSA) is 96.1 Å². The van der Waals surface area contributed by atoms with Gasteiger partial charge in [-0.2, -0.15) is 0 Å². The van der Waals surface area contributed by atoms with Crippen molar-refractivity contribution in [3.8, 4) is 0 Å². The summed E-state index contributed by atoms with van der Waals surface area (Å²) in [6.45, 7) is 11.6. The first-order chi connectivity index (χ1) is 16.1. The molecule has 0 aromatic heterocycles. The zero-order valence-corrected chi connectivity index (χ0v) is 20.8. The van der Waals surface area contributed by atoms with E-state index in [0.717, 1.165) is 26.1 Å². The molecule has 0 aliphatic carbocycles. The highest BCUT2D eigenvalue weighted by Crippen LogP contribution is 2.22. The summed E-state index contributed by atoms with van der Waals surface area (Å²) in [5, 5.41) is 0. The highest BCUT2D eigenvalue weighted by Gasteiger charge is 2.27. The summed E-state index contributed by atoms with van der Waals surface area (Å²) >= 11 is 0. The quantitative estimate of drug-likeness (QED) is 0.200. The molecule has 2 heterocycles. The number of benzene rings is 1. The monoisotopic (exact) mass is 478 g/mol. The molecule has 0 saturated carbocycles. The largest absolute Gasteiger partial charge is 0.456 e. The van der Waals surface area contributed by atoms with Crippen LogP contribution in [-0.4, -0.2) is 75.0 Å². The fourth-order valence-corrected chi connectivity index (χ4v) is 3.42. The van der Waals surface area contributed by atoms with Crippen LogP contribution in [0.2, 0.25) is 0 Å². The first-order valence-electron chi connectivity index (χ1n) is 12.1. The van der Waals surface area contributed by atoms with Crippen LogP contribution in [0.1, 0.15) is 74.1 Å². The molecular weight excluding hydrogens is 440 g/mol. The van der Waals surface area contributed by atoms with Crippen molar-refractivity contribution in [2.24, 2.45) is 0 Å². The molecule has 1 aromatic rings. The molecule has 2 unspecified atom stereocenters. The van der Waals surface area contributed by atoms with Gasteiger partial charge in [0, 0.05) is 13.2 Å². The zero-order chi connectivity index (χ0) is 24.6. The summed E-state index contributed by atoms with van der Waals surface area (Å²) in [6.07, 6.45) is 3.45. The predicted octanol–water partition coefficient (Wildman–Crippen LogP) is 3.95. The Balaban J connectivity index is 1.37.